The maximum absolute atomic E-state index is 11.7. The van der Waals surface area contributed by atoms with Crippen molar-refractivity contribution in [3.8, 4) is 0 Å². The Morgan fingerprint density at radius 3 is 2.83 bits per heavy atom. The Morgan fingerprint density at radius 1 is 1.50 bits per heavy atom. The van der Waals surface area contributed by atoms with Crippen LogP contribution in [0.25, 0.3) is 0 Å². The van der Waals surface area contributed by atoms with Crippen molar-refractivity contribution in [2.24, 2.45) is 5.41 Å². The maximum atomic E-state index is 11.7. The summed E-state index contributed by atoms with van der Waals surface area (Å²) in [6, 6.07) is 3.30. The number of aryl methyl sites for hydroxylation is 1. The molecular formula is C13H21N3O2. The molecule has 0 saturated heterocycles. The molecule has 0 aliphatic carbocycles. The van der Waals surface area contributed by atoms with Crippen molar-refractivity contribution in [3.05, 3.63) is 24.0 Å². The number of nitrogens with zero attached hydrogens (tertiary/aromatic N) is 1. The molecule has 0 aliphatic rings. The van der Waals surface area contributed by atoms with Crippen LogP contribution in [0, 0.1) is 12.3 Å². The molecule has 0 saturated carbocycles. The molecule has 0 aromatic carbocycles. The van der Waals surface area contributed by atoms with Gasteiger partial charge in [-0.1, -0.05) is 13.8 Å². The van der Waals surface area contributed by atoms with E-state index in [0.29, 0.717) is 13.0 Å². The van der Waals surface area contributed by atoms with E-state index in [1.54, 1.807) is 18.3 Å². The quantitative estimate of drug-likeness (QED) is 0.748. The Hall–Kier alpha value is -1.62. The van der Waals surface area contributed by atoms with Crippen LogP contribution >= 0.6 is 0 Å². The highest BCUT2D eigenvalue weighted by molar-refractivity contribution is 5.89. The fourth-order valence-electron chi connectivity index (χ4n) is 1.51. The lowest BCUT2D eigenvalue weighted by atomic mass is 9.90. The van der Waals surface area contributed by atoms with Crippen LogP contribution in [0.5, 0.6) is 0 Å². The molecule has 1 aromatic heterocycles. The number of hydrogen-bond donors (Lipinski definition) is 3. The number of urea groups is 1. The molecule has 18 heavy (non-hydrogen) atoms. The van der Waals surface area contributed by atoms with Crippen molar-refractivity contribution in [2.75, 3.05) is 18.5 Å². The number of rotatable bonds is 5. The third-order valence-electron chi connectivity index (χ3n) is 2.67. The number of aliphatic hydroxyl groups excluding tert-OH is 1. The first-order chi connectivity index (χ1) is 8.43. The van der Waals surface area contributed by atoms with Crippen molar-refractivity contribution >= 4 is 11.7 Å². The zero-order chi connectivity index (χ0) is 13.6. The van der Waals surface area contributed by atoms with Crippen LogP contribution in [0.2, 0.25) is 0 Å². The summed E-state index contributed by atoms with van der Waals surface area (Å²) in [6.07, 6.45) is 2.31. The van der Waals surface area contributed by atoms with Crippen molar-refractivity contribution < 1.29 is 9.90 Å². The second-order valence-electron chi connectivity index (χ2n) is 5.13. The number of amides is 2. The molecule has 0 atom stereocenters. The lowest BCUT2D eigenvalue weighted by Gasteiger charge is -2.23. The lowest BCUT2D eigenvalue weighted by molar-refractivity contribution is 0.204. The van der Waals surface area contributed by atoms with Gasteiger partial charge < -0.3 is 15.7 Å². The minimum Gasteiger partial charge on any atom is -0.396 e. The van der Waals surface area contributed by atoms with E-state index in [1.165, 1.54) is 0 Å². The highest BCUT2D eigenvalue weighted by Crippen LogP contribution is 2.18. The van der Waals surface area contributed by atoms with Gasteiger partial charge in [0.1, 0.15) is 0 Å². The van der Waals surface area contributed by atoms with E-state index in [2.05, 4.69) is 15.6 Å². The molecule has 0 spiro atoms. The van der Waals surface area contributed by atoms with Crippen molar-refractivity contribution in [3.63, 3.8) is 0 Å². The van der Waals surface area contributed by atoms with Gasteiger partial charge in [-0.2, -0.15) is 0 Å². The van der Waals surface area contributed by atoms with Gasteiger partial charge in [0.25, 0.3) is 0 Å². The summed E-state index contributed by atoms with van der Waals surface area (Å²) < 4.78 is 0. The smallest absolute Gasteiger partial charge is 0.319 e. The lowest BCUT2D eigenvalue weighted by Crippen LogP contribution is -2.37. The molecule has 0 radical (unpaired) electrons. The zero-order valence-electron chi connectivity index (χ0n) is 11.2. The summed E-state index contributed by atoms with van der Waals surface area (Å²) in [5.41, 5.74) is 1.47. The molecule has 0 aliphatic heterocycles. The first-order valence-corrected chi connectivity index (χ1v) is 6.01. The van der Waals surface area contributed by atoms with E-state index in [1.807, 2.05) is 20.8 Å². The number of nitrogens with one attached hydrogen (secondary N) is 2. The van der Waals surface area contributed by atoms with Crippen LogP contribution in [0.4, 0.5) is 10.5 Å². The van der Waals surface area contributed by atoms with Crippen LogP contribution in [0.1, 0.15) is 26.0 Å². The van der Waals surface area contributed by atoms with Gasteiger partial charge >= 0.3 is 6.03 Å². The van der Waals surface area contributed by atoms with Crippen LogP contribution < -0.4 is 10.6 Å². The molecule has 5 nitrogen and oxygen atoms in total. The second-order valence-corrected chi connectivity index (χ2v) is 5.13. The Bertz CT molecular complexity index is 405. The number of carbonyl (C=O) groups excluding carboxylic acids is 1. The van der Waals surface area contributed by atoms with E-state index in [4.69, 9.17) is 5.11 Å². The molecule has 0 unspecified atom stereocenters. The van der Waals surface area contributed by atoms with Crippen LogP contribution in [-0.2, 0) is 0 Å². The average molecular weight is 251 g/mol. The summed E-state index contributed by atoms with van der Waals surface area (Å²) >= 11 is 0. The predicted octanol–water partition coefficient (Wildman–Crippen LogP) is 1.92. The number of anilines is 1. The highest BCUT2D eigenvalue weighted by Gasteiger charge is 2.17. The number of aromatic nitrogens is 1. The molecule has 1 heterocycles. The highest BCUT2D eigenvalue weighted by atomic mass is 16.3. The van der Waals surface area contributed by atoms with Crippen LogP contribution in [0.15, 0.2) is 18.3 Å². The molecule has 1 aromatic rings. The van der Waals surface area contributed by atoms with Gasteiger partial charge in [-0.25, -0.2) is 4.79 Å². The summed E-state index contributed by atoms with van der Waals surface area (Å²) in [7, 11) is 0. The Kier molecular flexibility index (Phi) is 5.09. The molecular weight excluding hydrogens is 230 g/mol. The van der Waals surface area contributed by atoms with Crippen molar-refractivity contribution in [2.45, 2.75) is 27.2 Å². The second kappa shape index (κ2) is 6.35. The molecule has 0 fully saturated rings. The SMILES string of the molecule is Cc1cc(NC(=O)NCC(C)(C)CCO)ccn1. The Balaban J connectivity index is 2.43. The van der Waals surface area contributed by atoms with Gasteiger partial charge in [-0.05, 0) is 30.9 Å². The van der Waals surface area contributed by atoms with Crippen LogP contribution in [-0.4, -0.2) is 29.3 Å². The van der Waals surface area contributed by atoms with E-state index in [-0.39, 0.29) is 18.1 Å². The normalized spacial score (nSPS) is 11.1. The summed E-state index contributed by atoms with van der Waals surface area (Å²) in [6.45, 7) is 6.51. The molecule has 2 amide bonds. The molecule has 100 valence electrons. The monoisotopic (exact) mass is 251 g/mol. The minimum atomic E-state index is -0.244. The number of aliphatic hydroxyl groups is 1. The van der Waals surface area contributed by atoms with Gasteiger partial charge in [-0.3, -0.25) is 4.98 Å². The van der Waals surface area contributed by atoms with E-state index >= 15 is 0 Å². The third-order valence-corrected chi connectivity index (χ3v) is 2.67. The largest absolute Gasteiger partial charge is 0.396 e. The van der Waals surface area contributed by atoms with Crippen molar-refractivity contribution in [1.29, 1.82) is 0 Å². The molecule has 0 bridgehead atoms. The van der Waals surface area contributed by atoms with E-state index < -0.39 is 0 Å². The van der Waals surface area contributed by atoms with Gasteiger partial charge in [0, 0.05) is 30.7 Å². The first-order valence-electron chi connectivity index (χ1n) is 6.01. The molecule has 1 rings (SSSR count). The minimum absolute atomic E-state index is 0.111. The van der Waals surface area contributed by atoms with Gasteiger partial charge in [0.15, 0.2) is 0 Å². The number of carbonyl (C=O) groups is 1. The van der Waals surface area contributed by atoms with Gasteiger partial charge in [0.2, 0.25) is 0 Å². The fourth-order valence-corrected chi connectivity index (χ4v) is 1.51. The molecule has 5 heteroatoms. The Labute approximate surface area is 108 Å². The topological polar surface area (TPSA) is 74.2 Å². The van der Waals surface area contributed by atoms with Crippen molar-refractivity contribution in [1.82, 2.24) is 10.3 Å². The van der Waals surface area contributed by atoms with E-state index in [9.17, 15) is 4.79 Å². The van der Waals surface area contributed by atoms with Crippen LogP contribution in [0.3, 0.4) is 0 Å². The Morgan fingerprint density at radius 2 is 2.22 bits per heavy atom. The standard InChI is InChI=1S/C13H21N3O2/c1-10-8-11(4-6-14-10)16-12(18)15-9-13(2,3)5-7-17/h4,6,8,17H,5,7,9H2,1-3H3,(H2,14,15,16,18). The first kappa shape index (κ1) is 14.4. The molecule has 3 N–H and O–H groups in total. The number of pyridine rings is 1. The summed E-state index contributed by atoms with van der Waals surface area (Å²) in [5, 5.41) is 14.4. The number of hydrogen-bond acceptors (Lipinski definition) is 3. The summed E-state index contributed by atoms with van der Waals surface area (Å²) in [4.78, 5) is 15.7. The average Bonchev–Trinajstić information content (AvgIpc) is 2.26. The van der Waals surface area contributed by atoms with Gasteiger partial charge in [-0.15, -0.1) is 0 Å². The van der Waals surface area contributed by atoms with Gasteiger partial charge in [0.05, 0.1) is 0 Å². The zero-order valence-corrected chi connectivity index (χ0v) is 11.2. The third kappa shape index (κ3) is 5.14. The predicted molar refractivity (Wildman–Crippen MR) is 71.5 cm³/mol. The maximum Gasteiger partial charge on any atom is 0.319 e. The van der Waals surface area contributed by atoms with E-state index in [0.717, 1.165) is 11.4 Å². The summed E-state index contributed by atoms with van der Waals surface area (Å²) in [5.74, 6) is 0. The fraction of sp³-hybridized carbons (Fsp3) is 0.538.